The third kappa shape index (κ3) is 4.94. The van der Waals surface area contributed by atoms with Gasteiger partial charge in [-0.15, -0.1) is 0 Å². The van der Waals surface area contributed by atoms with Crippen LogP contribution in [0.25, 0.3) is 0 Å². The Kier molecular flexibility index (Phi) is 7.28. The molecule has 0 aromatic heterocycles. The van der Waals surface area contributed by atoms with Gasteiger partial charge in [0.15, 0.2) is 0 Å². The molecule has 0 heterocycles. The minimum atomic E-state index is -0.338. The molecule has 0 fully saturated rings. The number of benzene rings is 1. The van der Waals surface area contributed by atoms with Crippen LogP contribution in [0.2, 0.25) is 0 Å². The van der Waals surface area contributed by atoms with E-state index in [0.717, 1.165) is 28.8 Å². The van der Waals surface area contributed by atoms with Crippen LogP contribution in [0.1, 0.15) is 38.3 Å². The van der Waals surface area contributed by atoms with Gasteiger partial charge in [-0.1, -0.05) is 22.9 Å². The first-order valence-electron chi connectivity index (χ1n) is 6.40. The van der Waals surface area contributed by atoms with E-state index in [9.17, 15) is 4.39 Å². The summed E-state index contributed by atoms with van der Waals surface area (Å²) in [5.41, 5.74) is 1.11. The fourth-order valence-electron chi connectivity index (χ4n) is 1.70. The van der Waals surface area contributed by atoms with Gasteiger partial charge in [0.05, 0.1) is 13.3 Å². The highest BCUT2D eigenvalue weighted by molar-refractivity contribution is 9.10. The van der Waals surface area contributed by atoms with Crippen molar-refractivity contribution in [1.29, 1.82) is 0 Å². The smallest absolute Gasteiger partial charge is 0.124 e. The summed E-state index contributed by atoms with van der Waals surface area (Å²) in [6, 6.07) is 6.16. The molecule has 4 heteroatoms. The lowest BCUT2D eigenvalue weighted by Crippen LogP contribution is -2.20. The molecule has 102 valence electrons. The number of halogens is 2. The van der Waals surface area contributed by atoms with Crippen molar-refractivity contribution >= 4 is 15.9 Å². The summed E-state index contributed by atoms with van der Waals surface area (Å²) in [6.45, 7) is 5.30. The van der Waals surface area contributed by atoms with E-state index in [1.807, 2.05) is 12.1 Å². The average Bonchev–Trinajstić information content (AvgIpc) is 2.38. The number of ether oxygens (including phenoxy) is 1. The summed E-state index contributed by atoms with van der Waals surface area (Å²) >= 11 is 3.47. The van der Waals surface area contributed by atoms with Crippen molar-refractivity contribution in [3.05, 3.63) is 28.2 Å². The maximum Gasteiger partial charge on any atom is 0.124 e. The van der Waals surface area contributed by atoms with Crippen molar-refractivity contribution < 1.29 is 9.13 Å². The van der Waals surface area contributed by atoms with Crippen LogP contribution in [0.3, 0.4) is 0 Å². The Bertz CT molecular complexity index is 360. The molecule has 18 heavy (non-hydrogen) atoms. The summed E-state index contributed by atoms with van der Waals surface area (Å²) in [5, 5.41) is 3.43. The molecule has 0 aliphatic heterocycles. The van der Waals surface area contributed by atoms with Crippen LogP contribution in [0.5, 0.6) is 5.75 Å². The Morgan fingerprint density at radius 1 is 1.44 bits per heavy atom. The number of hydrogen-bond acceptors (Lipinski definition) is 2. The second kappa shape index (κ2) is 8.48. The predicted molar refractivity (Wildman–Crippen MR) is 76.9 cm³/mol. The molecule has 0 spiro atoms. The van der Waals surface area contributed by atoms with Gasteiger partial charge in [0.25, 0.3) is 0 Å². The lowest BCUT2D eigenvalue weighted by atomic mass is 10.1. The molecule has 1 rings (SSSR count). The van der Waals surface area contributed by atoms with Gasteiger partial charge < -0.3 is 10.1 Å². The fraction of sp³-hybridized carbons (Fsp3) is 0.571. The normalized spacial score (nSPS) is 12.4. The van der Waals surface area contributed by atoms with Crippen molar-refractivity contribution in [2.75, 3.05) is 19.8 Å². The van der Waals surface area contributed by atoms with Crippen LogP contribution in [0.15, 0.2) is 22.7 Å². The SMILES string of the molecule is CCCNC(C)c1cc(Br)ccc1OCCCF. The monoisotopic (exact) mass is 317 g/mol. The number of nitrogens with one attached hydrogen (secondary N) is 1. The topological polar surface area (TPSA) is 21.3 Å². The molecular formula is C14H21BrFNO. The molecule has 0 aliphatic carbocycles. The van der Waals surface area contributed by atoms with E-state index in [-0.39, 0.29) is 12.7 Å². The minimum Gasteiger partial charge on any atom is -0.493 e. The summed E-state index contributed by atoms with van der Waals surface area (Å²) in [7, 11) is 0. The Balaban J connectivity index is 2.75. The van der Waals surface area contributed by atoms with E-state index in [2.05, 4.69) is 41.2 Å². The van der Waals surface area contributed by atoms with Crippen LogP contribution >= 0.6 is 15.9 Å². The van der Waals surface area contributed by atoms with Crippen LogP contribution in [0, 0.1) is 0 Å². The number of alkyl halides is 1. The van der Waals surface area contributed by atoms with E-state index in [0.29, 0.717) is 13.0 Å². The molecule has 1 N–H and O–H groups in total. The molecule has 2 nitrogen and oxygen atoms in total. The first kappa shape index (κ1) is 15.4. The molecule has 0 bridgehead atoms. The Labute approximate surface area is 117 Å². The quantitative estimate of drug-likeness (QED) is 0.724. The maximum absolute atomic E-state index is 12.1. The first-order chi connectivity index (χ1) is 8.69. The summed E-state index contributed by atoms with van der Waals surface area (Å²) in [6.07, 6.45) is 1.53. The van der Waals surface area contributed by atoms with Gasteiger partial charge in [-0.05, 0) is 38.1 Å². The van der Waals surface area contributed by atoms with E-state index in [1.165, 1.54) is 0 Å². The van der Waals surface area contributed by atoms with Gasteiger partial charge in [-0.2, -0.15) is 0 Å². The van der Waals surface area contributed by atoms with Crippen molar-refractivity contribution in [2.24, 2.45) is 0 Å². The van der Waals surface area contributed by atoms with Gasteiger partial charge in [0, 0.05) is 22.5 Å². The maximum atomic E-state index is 12.1. The average molecular weight is 318 g/mol. The van der Waals surface area contributed by atoms with Crippen LogP contribution in [-0.4, -0.2) is 19.8 Å². The van der Waals surface area contributed by atoms with Gasteiger partial charge in [0.2, 0.25) is 0 Å². The van der Waals surface area contributed by atoms with Gasteiger partial charge in [0.1, 0.15) is 5.75 Å². The molecule has 0 radical (unpaired) electrons. The Morgan fingerprint density at radius 2 is 2.22 bits per heavy atom. The largest absolute Gasteiger partial charge is 0.493 e. The van der Waals surface area contributed by atoms with Crippen LogP contribution in [0.4, 0.5) is 4.39 Å². The molecular weight excluding hydrogens is 297 g/mol. The van der Waals surface area contributed by atoms with Crippen LogP contribution in [-0.2, 0) is 0 Å². The third-order valence-corrected chi connectivity index (χ3v) is 3.17. The third-order valence-electron chi connectivity index (χ3n) is 2.67. The number of rotatable bonds is 8. The lowest BCUT2D eigenvalue weighted by molar-refractivity contribution is 0.285. The second-order valence-corrected chi connectivity index (χ2v) is 5.16. The molecule has 1 aromatic carbocycles. The highest BCUT2D eigenvalue weighted by Crippen LogP contribution is 2.28. The zero-order valence-electron chi connectivity index (χ0n) is 11.0. The predicted octanol–water partition coefficient (Wildman–Crippen LogP) is 4.25. The molecule has 1 atom stereocenters. The summed E-state index contributed by atoms with van der Waals surface area (Å²) < 4.78 is 18.7. The zero-order valence-corrected chi connectivity index (χ0v) is 12.6. The second-order valence-electron chi connectivity index (χ2n) is 4.25. The highest BCUT2D eigenvalue weighted by atomic mass is 79.9. The van der Waals surface area contributed by atoms with E-state index in [4.69, 9.17) is 4.74 Å². The fourth-order valence-corrected chi connectivity index (χ4v) is 2.08. The number of hydrogen-bond donors (Lipinski definition) is 1. The summed E-state index contributed by atoms with van der Waals surface area (Å²) in [4.78, 5) is 0. The summed E-state index contributed by atoms with van der Waals surface area (Å²) in [5.74, 6) is 0.836. The zero-order chi connectivity index (χ0) is 13.4. The first-order valence-corrected chi connectivity index (χ1v) is 7.20. The van der Waals surface area contributed by atoms with Gasteiger partial charge in [-0.3, -0.25) is 4.39 Å². The van der Waals surface area contributed by atoms with Gasteiger partial charge >= 0.3 is 0 Å². The molecule has 0 amide bonds. The van der Waals surface area contributed by atoms with E-state index < -0.39 is 0 Å². The molecule has 0 saturated heterocycles. The molecule has 1 unspecified atom stereocenters. The van der Waals surface area contributed by atoms with Gasteiger partial charge in [-0.25, -0.2) is 0 Å². The van der Waals surface area contributed by atoms with E-state index in [1.54, 1.807) is 0 Å². The molecule has 0 saturated carbocycles. The van der Waals surface area contributed by atoms with Crippen molar-refractivity contribution in [1.82, 2.24) is 5.32 Å². The van der Waals surface area contributed by atoms with E-state index >= 15 is 0 Å². The standard InChI is InChI=1S/C14H21BrFNO/c1-3-8-17-11(2)13-10-12(15)5-6-14(13)18-9-4-7-16/h5-6,10-11,17H,3-4,7-9H2,1-2H3. The highest BCUT2D eigenvalue weighted by Gasteiger charge is 2.11. The van der Waals surface area contributed by atoms with Crippen molar-refractivity contribution in [3.63, 3.8) is 0 Å². The molecule has 1 aromatic rings. The van der Waals surface area contributed by atoms with Crippen molar-refractivity contribution in [3.8, 4) is 5.75 Å². The molecule has 0 aliphatic rings. The van der Waals surface area contributed by atoms with Crippen LogP contribution < -0.4 is 10.1 Å². The Hall–Kier alpha value is -0.610. The lowest BCUT2D eigenvalue weighted by Gasteiger charge is -2.18. The van der Waals surface area contributed by atoms with Crippen molar-refractivity contribution in [2.45, 2.75) is 32.7 Å². The Morgan fingerprint density at radius 3 is 2.89 bits per heavy atom. The minimum absolute atomic E-state index is 0.225.